The van der Waals surface area contributed by atoms with Crippen molar-refractivity contribution < 1.29 is 42.7 Å². The van der Waals surface area contributed by atoms with Crippen molar-refractivity contribution >= 4 is 17.6 Å². The predicted molar refractivity (Wildman–Crippen MR) is 131 cm³/mol. The van der Waals surface area contributed by atoms with Crippen LogP contribution in [0.4, 0.5) is 5.69 Å². The van der Waals surface area contributed by atoms with Crippen LogP contribution in [0.2, 0.25) is 0 Å². The van der Waals surface area contributed by atoms with E-state index in [-0.39, 0.29) is 25.2 Å². The second-order valence-corrected chi connectivity index (χ2v) is 7.40. The number of hydrogen-bond donors (Lipinski definition) is 1. The normalized spacial score (nSPS) is 10.8. The molecule has 200 valence electrons. The summed E-state index contributed by atoms with van der Waals surface area (Å²) in [4.78, 5) is 22.6. The van der Waals surface area contributed by atoms with Crippen LogP contribution < -0.4 is 5.32 Å². The number of carbonyl (C=O) groups is 2. The van der Waals surface area contributed by atoms with E-state index in [0.717, 1.165) is 25.1 Å². The van der Waals surface area contributed by atoms with Crippen molar-refractivity contribution in [2.24, 2.45) is 0 Å². The van der Waals surface area contributed by atoms with Gasteiger partial charge in [-0.15, -0.1) is 0 Å². The SMILES string of the molecule is CCCCNc1ccc(C(=O)OCCOCCOCCOCCOCCOCCOC(C)=O)cc1. The number of ether oxygens (including phenoxy) is 7. The molecule has 1 rings (SSSR count). The van der Waals surface area contributed by atoms with Crippen molar-refractivity contribution in [1.82, 2.24) is 0 Å². The maximum absolute atomic E-state index is 12.0. The van der Waals surface area contributed by atoms with Crippen LogP contribution in [0.5, 0.6) is 0 Å². The Morgan fingerprint density at radius 2 is 1.09 bits per heavy atom. The highest BCUT2D eigenvalue weighted by Crippen LogP contribution is 2.10. The number of nitrogens with one attached hydrogen (secondary N) is 1. The summed E-state index contributed by atoms with van der Waals surface area (Å²) in [5, 5.41) is 3.31. The maximum atomic E-state index is 12.0. The molecule has 0 aliphatic rings. The first kappa shape index (κ1) is 30.8. The summed E-state index contributed by atoms with van der Waals surface area (Å²) in [6.45, 7) is 9.14. The van der Waals surface area contributed by atoms with Gasteiger partial charge >= 0.3 is 11.9 Å². The predicted octanol–water partition coefficient (Wildman–Crippen LogP) is 2.70. The Morgan fingerprint density at radius 1 is 0.657 bits per heavy atom. The summed E-state index contributed by atoms with van der Waals surface area (Å²) in [6, 6.07) is 7.27. The fourth-order valence-electron chi connectivity index (χ4n) is 2.64. The monoisotopic (exact) mass is 499 g/mol. The molecule has 0 aliphatic heterocycles. The quantitative estimate of drug-likeness (QED) is 0.178. The molecule has 0 saturated carbocycles. The van der Waals surface area contributed by atoms with Crippen molar-refractivity contribution in [3.63, 3.8) is 0 Å². The van der Waals surface area contributed by atoms with Gasteiger partial charge in [-0.1, -0.05) is 13.3 Å². The zero-order chi connectivity index (χ0) is 25.4. The number of anilines is 1. The molecule has 0 fully saturated rings. The minimum absolute atomic E-state index is 0.190. The van der Waals surface area contributed by atoms with E-state index in [1.54, 1.807) is 12.1 Å². The molecule has 1 aromatic rings. The Balaban J connectivity index is 1.83. The van der Waals surface area contributed by atoms with Crippen molar-refractivity contribution in [3.8, 4) is 0 Å². The molecule has 0 saturated heterocycles. The third-order valence-corrected chi connectivity index (χ3v) is 4.46. The molecule has 0 unspecified atom stereocenters. The highest BCUT2D eigenvalue weighted by Gasteiger charge is 2.06. The fraction of sp³-hybridized carbons (Fsp3) is 0.680. The van der Waals surface area contributed by atoms with Gasteiger partial charge in [-0.2, -0.15) is 0 Å². The topological polar surface area (TPSA) is 111 Å². The molecular formula is C25H41NO9. The Bertz CT molecular complexity index is 655. The first-order valence-electron chi connectivity index (χ1n) is 12.2. The van der Waals surface area contributed by atoms with Crippen LogP contribution in [0.25, 0.3) is 0 Å². The number of carbonyl (C=O) groups excluding carboxylic acids is 2. The van der Waals surface area contributed by atoms with Gasteiger partial charge in [0, 0.05) is 19.2 Å². The smallest absolute Gasteiger partial charge is 0.338 e. The van der Waals surface area contributed by atoms with Crippen molar-refractivity contribution in [2.75, 3.05) is 91.1 Å². The standard InChI is InChI=1S/C25H41NO9/c1-3-4-9-26-24-7-5-23(6-8-24)25(28)35-21-19-33-17-15-31-13-11-29-10-12-30-14-16-32-18-20-34-22(2)27/h5-8,26H,3-4,9-21H2,1-2H3. The minimum atomic E-state index is -0.363. The lowest BCUT2D eigenvalue weighted by Crippen LogP contribution is -2.15. The largest absolute Gasteiger partial charge is 0.463 e. The molecule has 10 nitrogen and oxygen atoms in total. The van der Waals surface area contributed by atoms with E-state index < -0.39 is 0 Å². The average molecular weight is 500 g/mol. The molecule has 10 heteroatoms. The molecule has 0 bridgehead atoms. The number of hydrogen-bond acceptors (Lipinski definition) is 10. The molecule has 35 heavy (non-hydrogen) atoms. The zero-order valence-corrected chi connectivity index (χ0v) is 21.1. The molecule has 1 aromatic carbocycles. The summed E-state index contributed by atoms with van der Waals surface area (Å²) in [6.07, 6.45) is 2.25. The zero-order valence-electron chi connectivity index (χ0n) is 21.1. The van der Waals surface area contributed by atoms with E-state index in [9.17, 15) is 9.59 Å². The van der Waals surface area contributed by atoms with Crippen LogP contribution in [-0.4, -0.2) is 97.8 Å². The highest BCUT2D eigenvalue weighted by molar-refractivity contribution is 5.89. The van der Waals surface area contributed by atoms with Gasteiger partial charge in [0.1, 0.15) is 13.2 Å². The van der Waals surface area contributed by atoms with E-state index in [1.807, 2.05) is 12.1 Å². The molecule has 0 amide bonds. The highest BCUT2D eigenvalue weighted by atomic mass is 16.6. The van der Waals surface area contributed by atoms with Gasteiger partial charge in [-0.25, -0.2) is 4.79 Å². The molecular weight excluding hydrogens is 458 g/mol. The minimum Gasteiger partial charge on any atom is -0.463 e. The lowest BCUT2D eigenvalue weighted by Gasteiger charge is -2.09. The van der Waals surface area contributed by atoms with Crippen molar-refractivity contribution in [1.29, 1.82) is 0 Å². The van der Waals surface area contributed by atoms with E-state index >= 15 is 0 Å². The second kappa shape index (κ2) is 22.2. The van der Waals surface area contributed by atoms with Crippen LogP contribution in [0.15, 0.2) is 24.3 Å². The summed E-state index contributed by atoms with van der Waals surface area (Å²) in [7, 11) is 0. The van der Waals surface area contributed by atoms with E-state index in [2.05, 4.69) is 12.2 Å². The van der Waals surface area contributed by atoms with E-state index in [1.165, 1.54) is 6.92 Å². The first-order valence-corrected chi connectivity index (χ1v) is 12.2. The lowest BCUT2D eigenvalue weighted by molar-refractivity contribution is -0.142. The van der Waals surface area contributed by atoms with Crippen LogP contribution in [0.3, 0.4) is 0 Å². The third kappa shape index (κ3) is 18.7. The Hall–Kier alpha value is -2.24. The molecule has 0 spiro atoms. The average Bonchev–Trinajstić information content (AvgIpc) is 2.85. The lowest BCUT2D eigenvalue weighted by atomic mass is 10.2. The Kier molecular flexibility index (Phi) is 19.6. The Labute approximate surface area is 208 Å². The summed E-state index contributed by atoms with van der Waals surface area (Å²) in [5.41, 5.74) is 1.51. The van der Waals surface area contributed by atoms with E-state index in [4.69, 9.17) is 33.2 Å². The van der Waals surface area contributed by atoms with Crippen LogP contribution in [0.1, 0.15) is 37.0 Å². The van der Waals surface area contributed by atoms with Crippen LogP contribution in [0, 0.1) is 0 Å². The van der Waals surface area contributed by atoms with Crippen molar-refractivity contribution in [2.45, 2.75) is 26.7 Å². The van der Waals surface area contributed by atoms with Gasteiger partial charge in [0.25, 0.3) is 0 Å². The Morgan fingerprint density at radius 3 is 1.51 bits per heavy atom. The van der Waals surface area contributed by atoms with Crippen molar-refractivity contribution in [3.05, 3.63) is 29.8 Å². The van der Waals surface area contributed by atoms with Gasteiger partial charge in [0.2, 0.25) is 0 Å². The number of esters is 2. The second-order valence-electron chi connectivity index (χ2n) is 7.40. The first-order chi connectivity index (χ1) is 17.1. The van der Waals surface area contributed by atoms with E-state index in [0.29, 0.717) is 71.6 Å². The fourth-order valence-corrected chi connectivity index (χ4v) is 2.64. The van der Waals surface area contributed by atoms with Gasteiger partial charge in [-0.3, -0.25) is 4.79 Å². The summed E-state index contributed by atoms with van der Waals surface area (Å²) >= 11 is 0. The van der Waals surface area contributed by atoms with Gasteiger partial charge in [0.05, 0.1) is 71.6 Å². The molecule has 0 radical (unpaired) electrons. The molecule has 0 aliphatic carbocycles. The van der Waals surface area contributed by atoms with Gasteiger partial charge in [-0.05, 0) is 30.7 Å². The number of unbranched alkanes of at least 4 members (excludes halogenated alkanes) is 1. The maximum Gasteiger partial charge on any atom is 0.338 e. The summed E-state index contributed by atoms with van der Waals surface area (Å²) in [5.74, 6) is -0.678. The van der Waals surface area contributed by atoms with Gasteiger partial charge in [0.15, 0.2) is 0 Å². The van der Waals surface area contributed by atoms with Crippen LogP contribution in [-0.2, 0) is 38.0 Å². The molecule has 0 atom stereocenters. The number of rotatable bonds is 23. The molecule has 0 heterocycles. The number of benzene rings is 1. The molecule has 0 aromatic heterocycles. The molecule has 1 N–H and O–H groups in total. The third-order valence-electron chi connectivity index (χ3n) is 4.46. The van der Waals surface area contributed by atoms with Crippen LogP contribution >= 0.6 is 0 Å². The van der Waals surface area contributed by atoms with Gasteiger partial charge < -0.3 is 38.5 Å². The summed E-state index contributed by atoms with van der Waals surface area (Å²) < 4.78 is 36.8.